The second kappa shape index (κ2) is 5.79. The van der Waals surface area contributed by atoms with Gasteiger partial charge in [0, 0.05) is 13.6 Å². The van der Waals surface area contributed by atoms with Crippen LogP contribution in [0.4, 0.5) is 13.2 Å². The third-order valence-corrected chi connectivity index (χ3v) is 4.41. The van der Waals surface area contributed by atoms with Crippen molar-refractivity contribution in [1.82, 2.24) is 4.90 Å². The molecule has 0 spiro atoms. The van der Waals surface area contributed by atoms with Gasteiger partial charge in [-0.15, -0.1) is 0 Å². The number of likely N-dealkylation sites (tertiary alicyclic amines) is 1. The van der Waals surface area contributed by atoms with Crippen LogP contribution in [-0.2, 0) is 14.9 Å². The summed E-state index contributed by atoms with van der Waals surface area (Å²) in [6.45, 7) is 0.667. The van der Waals surface area contributed by atoms with Gasteiger partial charge in [-0.05, 0) is 30.5 Å². The number of benzene rings is 1. The molecule has 0 bridgehead atoms. The van der Waals surface area contributed by atoms with Gasteiger partial charge in [0.05, 0.1) is 5.92 Å². The molecule has 0 radical (unpaired) electrons. The highest BCUT2D eigenvalue weighted by atomic mass is 32.2. The summed E-state index contributed by atoms with van der Waals surface area (Å²) < 4.78 is 62.5. The Morgan fingerprint density at radius 2 is 1.82 bits per heavy atom. The lowest BCUT2D eigenvalue weighted by atomic mass is 9.90. The normalized spacial score (nSPS) is 20.1. The van der Waals surface area contributed by atoms with Gasteiger partial charge in [0.1, 0.15) is 5.75 Å². The highest BCUT2D eigenvalue weighted by molar-refractivity contribution is 7.87. The number of likely N-dealkylation sites (N-methyl/N-ethyl adjacent to an activating group) is 1. The van der Waals surface area contributed by atoms with Crippen molar-refractivity contribution in [2.24, 2.45) is 0 Å². The lowest BCUT2D eigenvalue weighted by molar-refractivity contribution is -0.133. The van der Waals surface area contributed by atoms with Gasteiger partial charge >= 0.3 is 15.6 Å². The van der Waals surface area contributed by atoms with E-state index >= 15 is 0 Å². The van der Waals surface area contributed by atoms with Crippen LogP contribution in [0.1, 0.15) is 24.3 Å². The van der Waals surface area contributed by atoms with E-state index in [1.54, 1.807) is 11.9 Å². The molecule has 1 aromatic carbocycles. The Bertz CT molecular complexity index is 655. The molecule has 5 nitrogen and oxygen atoms in total. The maximum atomic E-state index is 12.2. The Morgan fingerprint density at radius 3 is 2.36 bits per heavy atom. The van der Waals surface area contributed by atoms with Crippen LogP contribution in [0.3, 0.4) is 0 Å². The lowest BCUT2D eigenvalue weighted by Crippen LogP contribution is -2.36. The van der Waals surface area contributed by atoms with Crippen LogP contribution < -0.4 is 4.18 Å². The number of nitrogens with zero attached hydrogens (tertiary/aromatic N) is 1. The summed E-state index contributed by atoms with van der Waals surface area (Å²) in [5, 5.41) is 0. The van der Waals surface area contributed by atoms with Crippen molar-refractivity contribution in [3.63, 3.8) is 0 Å². The van der Waals surface area contributed by atoms with Crippen LogP contribution in [0, 0.1) is 0 Å². The van der Waals surface area contributed by atoms with E-state index in [0.717, 1.165) is 18.6 Å². The minimum Gasteiger partial charge on any atom is -0.376 e. The van der Waals surface area contributed by atoms with Crippen LogP contribution >= 0.6 is 0 Å². The van der Waals surface area contributed by atoms with E-state index in [1.165, 1.54) is 12.1 Å². The van der Waals surface area contributed by atoms with Crippen molar-refractivity contribution >= 4 is 16.0 Å². The highest BCUT2D eigenvalue weighted by Crippen LogP contribution is 2.30. The fourth-order valence-electron chi connectivity index (χ4n) is 2.27. The third-order valence-electron chi connectivity index (χ3n) is 3.43. The van der Waals surface area contributed by atoms with Crippen LogP contribution in [-0.4, -0.2) is 38.3 Å². The smallest absolute Gasteiger partial charge is 0.376 e. The average molecular weight is 337 g/mol. The van der Waals surface area contributed by atoms with Crippen LogP contribution in [0.2, 0.25) is 0 Å². The van der Waals surface area contributed by atoms with Gasteiger partial charge in [-0.2, -0.15) is 21.6 Å². The number of hydrogen-bond donors (Lipinski definition) is 0. The maximum absolute atomic E-state index is 12.2. The first kappa shape index (κ1) is 16.6. The third kappa shape index (κ3) is 3.34. The SMILES string of the molecule is CN1CCC[C@@H](c2ccc(OS(=O)(=O)C(F)(F)F)cc2)C1=O. The molecule has 0 aliphatic carbocycles. The molecule has 0 N–H and O–H groups in total. The summed E-state index contributed by atoms with van der Waals surface area (Å²) in [5.74, 6) is -0.882. The summed E-state index contributed by atoms with van der Waals surface area (Å²) in [7, 11) is -4.00. The zero-order chi connectivity index (χ0) is 16.5. The first-order valence-electron chi connectivity index (χ1n) is 6.47. The summed E-state index contributed by atoms with van der Waals surface area (Å²) in [6.07, 6.45) is 1.47. The predicted molar refractivity (Wildman–Crippen MR) is 71.7 cm³/mol. The average Bonchev–Trinajstić information content (AvgIpc) is 2.41. The van der Waals surface area contributed by atoms with E-state index in [0.29, 0.717) is 18.5 Å². The van der Waals surface area contributed by atoms with Gasteiger partial charge in [-0.1, -0.05) is 12.1 Å². The summed E-state index contributed by atoms with van der Waals surface area (Å²) >= 11 is 0. The zero-order valence-corrected chi connectivity index (χ0v) is 12.4. The number of amides is 1. The topological polar surface area (TPSA) is 63.7 Å². The maximum Gasteiger partial charge on any atom is 0.534 e. The van der Waals surface area contributed by atoms with Crippen molar-refractivity contribution in [1.29, 1.82) is 0 Å². The van der Waals surface area contributed by atoms with E-state index in [9.17, 15) is 26.4 Å². The molecule has 1 aliphatic rings. The van der Waals surface area contributed by atoms with Gasteiger partial charge in [-0.3, -0.25) is 4.79 Å². The Labute approximate surface area is 125 Å². The van der Waals surface area contributed by atoms with E-state index < -0.39 is 21.4 Å². The molecule has 0 saturated carbocycles. The molecule has 0 unspecified atom stereocenters. The number of piperidine rings is 1. The number of halogens is 3. The minimum atomic E-state index is -5.68. The number of hydrogen-bond acceptors (Lipinski definition) is 4. The van der Waals surface area contributed by atoms with E-state index in [-0.39, 0.29) is 11.8 Å². The van der Waals surface area contributed by atoms with E-state index in [2.05, 4.69) is 4.18 Å². The van der Waals surface area contributed by atoms with Gasteiger partial charge in [-0.25, -0.2) is 0 Å². The minimum absolute atomic E-state index is 0.0668. The van der Waals surface area contributed by atoms with Crippen molar-refractivity contribution in [3.05, 3.63) is 29.8 Å². The largest absolute Gasteiger partial charge is 0.534 e. The Balaban J connectivity index is 2.16. The molecule has 1 heterocycles. The number of carbonyl (C=O) groups is 1. The van der Waals surface area contributed by atoms with Gasteiger partial charge in [0.15, 0.2) is 0 Å². The molecule has 1 fully saturated rings. The fraction of sp³-hybridized carbons (Fsp3) is 0.462. The molecule has 0 aromatic heterocycles. The quantitative estimate of drug-likeness (QED) is 0.627. The van der Waals surface area contributed by atoms with Crippen molar-refractivity contribution in [2.75, 3.05) is 13.6 Å². The van der Waals surface area contributed by atoms with E-state index in [1.807, 2.05) is 0 Å². The number of carbonyl (C=O) groups excluding carboxylic acids is 1. The second-order valence-corrected chi connectivity index (χ2v) is 6.54. The molecular formula is C13H14F3NO4S. The van der Waals surface area contributed by atoms with Gasteiger partial charge < -0.3 is 9.08 Å². The summed E-state index contributed by atoms with van der Waals surface area (Å²) in [4.78, 5) is 13.6. The van der Waals surface area contributed by atoms with Crippen molar-refractivity contribution in [3.8, 4) is 5.75 Å². The molecule has 1 aromatic rings. The Kier molecular flexibility index (Phi) is 4.37. The fourth-order valence-corrected chi connectivity index (χ4v) is 2.73. The van der Waals surface area contributed by atoms with Crippen molar-refractivity contribution < 1.29 is 30.6 Å². The predicted octanol–water partition coefficient (Wildman–Crippen LogP) is 2.25. The summed E-state index contributed by atoms with van der Waals surface area (Å²) in [6, 6.07) is 5.03. The van der Waals surface area contributed by atoms with Crippen molar-refractivity contribution in [2.45, 2.75) is 24.3 Å². The van der Waals surface area contributed by atoms with Crippen LogP contribution in [0.15, 0.2) is 24.3 Å². The molecule has 1 saturated heterocycles. The molecule has 2 rings (SSSR count). The zero-order valence-electron chi connectivity index (χ0n) is 11.6. The van der Waals surface area contributed by atoms with Crippen LogP contribution in [0.25, 0.3) is 0 Å². The Morgan fingerprint density at radius 1 is 1.23 bits per heavy atom. The number of alkyl halides is 3. The molecule has 122 valence electrons. The molecule has 1 amide bonds. The lowest BCUT2D eigenvalue weighted by Gasteiger charge is -2.29. The van der Waals surface area contributed by atoms with Gasteiger partial charge in [0.2, 0.25) is 5.91 Å². The summed E-state index contributed by atoms with van der Waals surface area (Å²) in [5.41, 5.74) is -4.86. The number of rotatable bonds is 3. The first-order chi connectivity index (χ1) is 10.1. The highest BCUT2D eigenvalue weighted by Gasteiger charge is 2.48. The molecule has 9 heteroatoms. The molecule has 1 aliphatic heterocycles. The second-order valence-electron chi connectivity index (χ2n) is 5.01. The molecule has 1 atom stereocenters. The standard InChI is InChI=1S/C13H14F3NO4S/c1-17-8-2-3-11(12(17)18)9-4-6-10(7-5-9)21-22(19,20)13(14,15)16/h4-7,11H,2-3,8H2,1H3/t11-/m0/s1. The van der Waals surface area contributed by atoms with Gasteiger partial charge in [0.25, 0.3) is 0 Å². The first-order valence-corrected chi connectivity index (χ1v) is 7.88. The Hall–Kier alpha value is -1.77. The molecule has 22 heavy (non-hydrogen) atoms. The monoisotopic (exact) mass is 337 g/mol. The van der Waals surface area contributed by atoms with E-state index in [4.69, 9.17) is 0 Å². The molecular weight excluding hydrogens is 323 g/mol. The van der Waals surface area contributed by atoms with Crippen LogP contribution in [0.5, 0.6) is 5.75 Å².